The van der Waals surface area contributed by atoms with Gasteiger partial charge in [0, 0.05) is 19.6 Å². The Morgan fingerprint density at radius 2 is 1.64 bits per heavy atom. The molecule has 5 rings (SSSR count). The zero-order valence-corrected chi connectivity index (χ0v) is 19.5. The van der Waals surface area contributed by atoms with Gasteiger partial charge in [-0.15, -0.1) is 11.8 Å². The van der Waals surface area contributed by atoms with Crippen molar-refractivity contribution in [3.05, 3.63) is 77.9 Å². The second-order valence-electron chi connectivity index (χ2n) is 8.75. The molecule has 0 spiro atoms. The van der Waals surface area contributed by atoms with E-state index < -0.39 is 0 Å². The Kier molecular flexibility index (Phi) is 6.38. The summed E-state index contributed by atoms with van der Waals surface area (Å²) in [6, 6.07) is 20.6. The number of phenols is 2. The van der Waals surface area contributed by atoms with Crippen molar-refractivity contribution < 1.29 is 19.7 Å². The zero-order valence-electron chi connectivity index (χ0n) is 18.7. The summed E-state index contributed by atoms with van der Waals surface area (Å²) in [6.45, 7) is 6.29. The van der Waals surface area contributed by atoms with Crippen LogP contribution in [0, 0.1) is 5.92 Å². The number of hydrogen-bond donors (Lipinski definition) is 2. The van der Waals surface area contributed by atoms with Crippen LogP contribution in [0.15, 0.2) is 71.6 Å². The Morgan fingerprint density at radius 1 is 0.939 bits per heavy atom. The number of likely N-dealkylation sites (tertiary alicyclic amines) is 1. The Hall–Kier alpha value is -2.83. The normalized spacial score (nSPS) is 20.5. The molecule has 5 nitrogen and oxygen atoms in total. The van der Waals surface area contributed by atoms with E-state index in [1.54, 1.807) is 36.0 Å². The number of aromatic hydroxyl groups is 2. The van der Waals surface area contributed by atoms with E-state index in [2.05, 4.69) is 24.0 Å². The van der Waals surface area contributed by atoms with E-state index in [0.717, 1.165) is 40.0 Å². The van der Waals surface area contributed by atoms with E-state index in [0.29, 0.717) is 6.61 Å². The van der Waals surface area contributed by atoms with Crippen molar-refractivity contribution in [1.29, 1.82) is 0 Å². The van der Waals surface area contributed by atoms with Crippen molar-refractivity contribution in [2.75, 3.05) is 26.2 Å². The highest BCUT2D eigenvalue weighted by Gasteiger charge is 2.33. The second-order valence-corrected chi connectivity index (χ2v) is 9.93. The number of ether oxygens (including phenoxy) is 2. The average molecular weight is 464 g/mol. The fraction of sp³-hybridized carbons (Fsp3) is 0.333. The van der Waals surface area contributed by atoms with Gasteiger partial charge in [0.25, 0.3) is 0 Å². The molecule has 0 aliphatic carbocycles. The number of phenolic OH excluding ortho intramolecular Hbond substituents is 2. The first-order valence-electron chi connectivity index (χ1n) is 11.5. The lowest BCUT2D eigenvalue weighted by atomic mass is 9.98. The van der Waals surface area contributed by atoms with Gasteiger partial charge in [0.2, 0.25) is 0 Å². The van der Waals surface area contributed by atoms with E-state index in [1.165, 1.54) is 19.5 Å². The maximum Gasteiger partial charge on any atom is 0.140 e. The topological polar surface area (TPSA) is 62.2 Å². The lowest BCUT2D eigenvalue weighted by Gasteiger charge is -2.38. The average Bonchev–Trinajstić information content (AvgIpc) is 2.80. The molecule has 0 aromatic heterocycles. The summed E-state index contributed by atoms with van der Waals surface area (Å²) in [5.41, 5.74) is 2.11. The van der Waals surface area contributed by atoms with Gasteiger partial charge in [0.05, 0.1) is 10.1 Å². The summed E-state index contributed by atoms with van der Waals surface area (Å²) >= 11 is 1.66. The SMILES string of the molecule is CCC1CN(CCOc2ccc([C@H]3Oc4ccc(O)cc4S[C@H]3c3ccc(O)cc3)cc2)C1. The van der Waals surface area contributed by atoms with Crippen LogP contribution >= 0.6 is 11.8 Å². The Balaban J connectivity index is 1.31. The van der Waals surface area contributed by atoms with Gasteiger partial charge in [0.1, 0.15) is 35.7 Å². The Morgan fingerprint density at radius 3 is 2.36 bits per heavy atom. The van der Waals surface area contributed by atoms with Crippen LogP contribution in [0.1, 0.15) is 35.8 Å². The van der Waals surface area contributed by atoms with Gasteiger partial charge >= 0.3 is 0 Å². The molecule has 172 valence electrons. The molecular formula is C27H29NO4S. The fourth-order valence-corrected chi connectivity index (χ4v) is 5.72. The van der Waals surface area contributed by atoms with Gasteiger partial charge < -0.3 is 19.7 Å². The van der Waals surface area contributed by atoms with E-state index in [9.17, 15) is 10.2 Å². The molecule has 1 saturated heterocycles. The quantitative estimate of drug-likeness (QED) is 0.463. The molecule has 2 aliphatic rings. The third-order valence-corrected chi connectivity index (χ3v) is 7.77. The van der Waals surface area contributed by atoms with Crippen molar-refractivity contribution in [2.24, 2.45) is 5.92 Å². The molecule has 0 saturated carbocycles. The number of benzene rings is 3. The predicted molar refractivity (Wildman–Crippen MR) is 130 cm³/mol. The number of thioether (sulfide) groups is 1. The van der Waals surface area contributed by atoms with E-state index in [1.807, 2.05) is 30.3 Å². The molecule has 2 aliphatic heterocycles. The van der Waals surface area contributed by atoms with Crippen LogP contribution in [0.4, 0.5) is 0 Å². The minimum atomic E-state index is -0.210. The van der Waals surface area contributed by atoms with E-state index in [4.69, 9.17) is 9.47 Å². The molecule has 0 unspecified atom stereocenters. The molecule has 2 heterocycles. The first-order valence-corrected chi connectivity index (χ1v) is 12.4. The number of rotatable bonds is 7. The Labute approximate surface area is 199 Å². The first-order chi connectivity index (χ1) is 16.1. The molecule has 33 heavy (non-hydrogen) atoms. The van der Waals surface area contributed by atoms with Crippen LogP contribution in [-0.2, 0) is 0 Å². The van der Waals surface area contributed by atoms with Gasteiger partial charge in [0.15, 0.2) is 0 Å². The molecule has 3 aromatic rings. The summed E-state index contributed by atoms with van der Waals surface area (Å²) in [4.78, 5) is 3.34. The molecule has 0 amide bonds. The molecule has 0 bridgehead atoms. The van der Waals surface area contributed by atoms with Crippen molar-refractivity contribution in [3.8, 4) is 23.0 Å². The van der Waals surface area contributed by atoms with Gasteiger partial charge in [-0.2, -0.15) is 0 Å². The lowest BCUT2D eigenvalue weighted by molar-refractivity contribution is 0.0806. The van der Waals surface area contributed by atoms with Gasteiger partial charge in [-0.1, -0.05) is 37.6 Å². The zero-order chi connectivity index (χ0) is 22.8. The summed E-state index contributed by atoms with van der Waals surface area (Å²) < 4.78 is 12.4. The van der Waals surface area contributed by atoms with Crippen molar-refractivity contribution in [2.45, 2.75) is 29.6 Å². The lowest BCUT2D eigenvalue weighted by Crippen LogP contribution is -2.47. The van der Waals surface area contributed by atoms with Crippen LogP contribution < -0.4 is 9.47 Å². The number of hydrogen-bond acceptors (Lipinski definition) is 6. The van der Waals surface area contributed by atoms with Crippen LogP contribution in [0.3, 0.4) is 0 Å². The largest absolute Gasteiger partial charge is 0.508 e. The second kappa shape index (κ2) is 9.57. The molecule has 3 aromatic carbocycles. The monoisotopic (exact) mass is 463 g/mol. The van der Waals surface area contributed by atoms with E-state index >= 15 is 0 Å². The summed E-state index contributed by atoms with van der Waals surface area (Å²) in [5.74, 6) is 2.94. The Bertz CT molecular complexity index is 1080. The molecule has 0 radical (unpaired) electrons. The maximum absolute atomic E-state index is 9.93. The fourth-order valence-electron chi connectivity index (χ4n) is 4.40. The summed E-state index contributed by atoms with van der Waals surface area (Å²) in [5, 5.41) is 19.6. The summed E-state index contributed by atoms with van der Waals surface area (Å²) in [6.07, 6.45) is 1.05. The highest BCUT2D eigenvalue weighted by molar-refractivity contribution is 7.99. The van der Waals surface area contributed by atoms with Crippen molar-refractivity contribution in [3.63, 3.8) is 0 Å². The third-order valence-electron chi connectivity index (χ3n) is 6.43. The summed E-state index contributed by atoms with van der Waals surface area (Å²) in [7, 11) is 0. The maximum atomic E-state index is 9.93. The smallest absolute Gasteiger partial charge is 0.140 e. The van der Waals surface area contributed by atoms with Gasteiger partial charge in [-0.3, -0.25) is 4.90 Å². The van der Waals surface area contributed by atoms with Crippen molar-refractivity contribution in [1.82, 2.24) is 4.90 Å². The van der Waals surface area contributed by atoms with Gasteiger partial charge in [-0.05, 0) is 59.5 Å². The molecular weight excluding hydrogens is 434 g/mol. The molecule has 6 heteroatoms. The molecule has 1 fully saturated rings. The highest BCUT2D eigenvalue weighted by Crippen LogP contribution is 2.54. The standard InChI is InChI=1S/C27H29NO4S/c1-2-18-16-28(17-18)13-14-31-23-10-5-19(6-11-23)26-27(20-3-7-21(29)8-4-20)33-25-15-22(30)9-12-24(25)32-26/h3-12,15,18,26-27,29-30H,2,13-14,16-17H2,1H3/t26-,27+/m1/s1. The van der Waals surface area contributed by atoms with Crippen molar-refractivity contribution >= 4 is 11.8 Å². The van der Waals surface area contributed by atoms with Crippen LogP contribution in [0.25, 0.3) is 0 Å². The third kappa shape index (κ3) is 4.92. The number of fused-ring (bicyclic) bond motifs is 1. The minimum Gasteiger partial charge on any atom is -0.508 e. The minimum absolute atomic E-state index is 0.0235. The predicted octanol–water partition coefficient (Wildman–Crippen LogP) is 5.79. The van der Waals surface area contributed by atoms with Crippen LogP contribution in [0.5, 0.6) is 23.0 Å². The van der Waals surface area contributed by atoms with Crippen LogP contribution in [-0.4, -0.2) is 41.4 Å². The highest BCUT2D eigenvalue weighted by atomic mass is 32.2. The number of nitrogens with zero attached hydrogens (tertiary/aromatic N) is 1. The van der Waals surface area contributed by atoms with Gasteiger partial charge in [-0.25, -0.2) is 0 Å². The first kappa shape index (κ1) is 22.0. The van der Waals surface area contributed by atoms with Crippen LogP contribution in [0.2, 0.25) is 0 Å². The molecule has 2 atom stereocenters. The van der Waals surface area contributed by atoms with E-state index in [-0.39, 0.29) is 22.9 Å². The molecule has 2 N–H and O–H groups in total.